The number of aliphatic imine (C=N–C) groups is 1. The van der Waals surface area contributed by atoms with Gasteiger partial charge in [0.05, 0.1) is 6.04 Å². The molecule has 25 heavy (non-hydrogen) atoms. The summed E-state index contributed by atoms with van der Waals surface area (Å²) in [5.74, 6) is 0.833. The Hall–Kier alpha value is -2.34. The molecule has 2 N–H and O–H groups in total. The summed E-state index contributed by atoms with van der Waals surface area (Å²) >= 11 is 0. The molecule has 0 spiro atoms. The summed E-state index contributed by atoms with van der Waals surface area (Å²) in [4.78, 5) is 6.54. The second kappa shape index (κ2) is 9.84. The Morgan fingerprint density at radius 2 is 2.00 bits per heavy atom. The number of hydrogen-bond acceptors (Lipinski definition) is 3. The van der Waals surface area contributed by atoms with Gasteiger partial charge in [-0.2, -0.15) is 5.10 Å². The Morgan fingerprint density at radius 3 is 2.60 bits per heavy atom. The van der Waals surface area contributed by atoms with E-state index in [0.717, 1.165) is 32.0 Å². The molecule has 1 unspecified atom stereocenters. The Kier molecular flexibility index (Phi) is 7.47. The maximum Gasteiger partial charge on any atom is 0.191 e. The summed E-state index contributed by atoms with van der Waals surface area (Å²) in [6.45, 7) is 4.67. The van der Waals surface area contributed by atoms with Crippen molar-refractivity contribution in [2.45, 2.75) is 25.9 Å². The second-order valence-electron chi connectivity index (χ2n) is 6.39. The molecule has 0 aliphatic carbocycles. The lowest BCUT2D eigenvalue weighted by Gasteiger charge is -2.26. The first-order valence-corrected chi connectivity index (χ1v) is 8.75. The van der Waals surface area contributed by atoms with Crippen molar-refractivity contribution in [2.24, 2.45) is 4.99 Å². The summed E-state index contributed by atoms with van der Waals surface area (Å²) < 4.78 is 1.94. The molecule has 2 rings (SSSR count). The maximum atomic E-state index is 4.32. The van der Waals surface area contributed by atoms with E-state index in [1.54, 1.807) is 13.2 Å². The number of likely N-dealkylation sites (N-methyl/N-ethyl adjacent to an activating group) is 1. The fourth-order valence-electron chi connectivity index (χ4n) is 2.68. The minimum Gasteiger partial charge on any atom is -0.356 e. The van der Waals surface area contributed by atoms with E-state index in [2.05, 4.69) is 70.9 Å². The van der Waals surface area contributed by atoms with Gasteiger partial charge in [0.15, 0.2) is 5.96 Å². The van der Waals surface area contributed by atoms with Crippen LogP contribution in [-0.4, -0.2) is 54.9 Å². The van der Waals surface area contributed by atoms with Gasteiger partial charge in [-0.1, -0.05) is 29.8 Å². The Labute approximate surface area is 151 Å². The highest BCUT2D eigenvalue weighted by atomic mass is 15.3. The summed E-state index contributed by atoms with van der Waals surface area (Å²) in [6, 6.07) is 11.0. The quantitative estimate of drug-likeness (QED) is 0.438. The number of aromatic nitrogens is 2. The zero-order chi connectivity index (χ0) is 18.1. The average molecular weight is 342 g/mol. The van der Waals surface area contributed by atoms with Gasteiger partial charge >= 0.3 is 0 Å². The van der Waals surface area contributed by atoms with Crippen LogP contribution in [0.2, 0.25) is 0 Å². The first kappa shape index (κ1) is 19.0. The third-order valence-electron chi connectivity index (χ3n) is 4.19. The van der Waals surface area contributed by atoms with Gasteiger partial charge in [0.25, 0.3) is 0 Å². The van der Waals surface area contributed by atoms with Crippen LogP contribution in [-0.2, 0) is 6.54 Å². The SMILES string of the molecule is CN=C(NCCCn1cccn1)NCC(c1ccc(C)cc1)N(C)C. The Morgan fingerprint density at radius 1 is 1.24 bits per heavy atom. The van der Waals surface area contributed by atoms with Gasteiger partial charge in [0.2, 0.25) is 0 Å². The van der Waals surface area contributed by atoms with Gasteiger partial charge in [-0.15, -0.1) is 0 Å². The zero-order valence-corrected chi connectivity index (χ0v) is 15.7. The third kappa shape index (κ3) is 6.23. The molecule has 0 amide bonds. The molecule has 0 aliphatic rings. The van der Waals surface area contributed by atoms with Gasteiger partial charge < -0.3 is 15.5 Å². The van der Waals surface area contributed by atoms with Crippen molar-refractivity contribution in [2.75, 3.05) is 34.2 Å². The first-order chi connectivity index (χ1) is 12.1. The standard InChI is InChI=1S/C19H30N6/c1-16-7-9-17(10-8-16)18(24(3)4)15-22-19(20-2)21-11-5-13-25-14-6-12-23-25/h6-10,12,14,18H,5,11,13,15H2,1-4H3,(H2,20,21,22). The van der Waals surface area contributed by atoms with Crippen LogP contribution in [0.15, 0.2) is 47.7 Å². The largest absolute Gasteiger partial charge is 0.356 e. The van der Waals surface area contributed by atoms with E-state index in [-0.39, 0.29) is 0 Å². The predicted molar refractivity (Wildman–Crippen MR) is 104 cm³/mol. The minimum atomic E-state index is 0.295. The molecular formula is C19H30N6. The number of nitrogens with zero attached hydrogens (tertiary/aromatic N) is 4. The van der Waals surface area contributed by atoms with E-state index in [0.29, 0.717) is 6.04 Å². The molecule has 2 aromatic rings. The molecule has 0 saturated heterocycles. The molecule has 1 aromatic carbocycles. The first-order valence-electron chi connectivity index (χ1n) is 8.75. The van der Waals surface area contributed by atoms with E-state index < -0.39 is 0 Å². The van der Waals surface area contributed by atoms with Crippen LogP contribution >= 0.6 is 0 Å². The molecule has 136 valence electrons. The topological polar surface area (TPSA) is 57.5 Å². The molecule has 1 heterocycles. The highest BCUT2D eigenvalue weighted by Crippen LogP contribution is 2.17. The minimum absolute atomic E-state index is 0.295. The van der Waals surface area contributed by atoms with Gasteiger partial charge in [-0.25, -0.2) is 0 Å². The Balaban J connectivity index is 1.79. The lowest BCUT2D eigenvalue weighted by atomic mass is 10.0. The number of nitrogens with one attached hydrogen (secondary N) is 2. The Bertz CT molecular complexity index is 630. The molecule has 0 fully saturated rings. The number of hydrogen-bond donors (Lipinski definition) is 2. The third-order valence-corrected chi connectivity index (χ3v) is 4.19. The van der Waals surface area contributed by atoms with Crippen molar-refractivity contribution in [1.29, 1.82) is 0 Å². The van der Waals surface area contributed by atoms with Gasteiger partial charge in [-0.3, -0.25) is 9.67 Å². The average Bonchev–Trinajstić information content (AvgIpc) is 3.11. The molecule has 6 nitrogen and oxygen atoms in total. The molecule has 0 radical (unpaired) electrons. The molecule has 1 atom stereocenters. The van der Waals surface area contributed by atoms with Crippen molar-refractivity contribution >= 4 is 5.96 Å². The van der Waals surface area contributed by atoms with E-state index in [4.69, 9.17) is 0 Å². The number of benzene rings is 1. The maximum absolute atomic E-state index is 4.32. The van der Waals surface area contributed by atoms with E-state index in [1.807, 2.05) is 16.9 Å². The number of aryl methyl sites for hydroxylation is 2. The molecule has 0 bridgehead atoms. The smallest absolute Gasteiger partial charge is 0.191 e. The van der Waals surface area contributed by atoms with Crippen LogP contribution in [0.4, 0.5) is 0 Å². The normalized spacial score (nSPS) is 13.1. The summed E-state index contributed by atoms with van der Waals surface area (Å²) in [5.41, 5.74) is 2.58. The molecular weight excluding hydrogens is 312 g/mol. The number of guanidine groups is 1. The van der Waals surface area contributed by atoms with Crippen LogP contribution in [0.3, 0.4) is 0 Å². The van der Waals surface area contributed by atoms with Crippen molar-refractivity contribution in [1.82, 2.24) is 25.3 Å². The van der Waals surface area contributed by atoms with Gasteiger partial charge in [0, 0.05) is 39.1 Å². The van der Waals surface area contributed by atoms with Crippen molar-refractivity contribution in [3.63, 3.8) is 0 Å². The lowest BCUT2D eigenvalue weighted by molar-refractivity contribution is 0.298. The molecule has 1 aromatic heterocycles. The van der Waals surface area contributed by atoms with Crippen molar-refractivity contribution in [3.05, 3.63) is 53.9 Å². The lowest BCUT2D eigenvalue weighted by Crippen LogP contribution is -2.42. The summed E-state index contributed by atoms with van der Waals surface area (Å²) in [7, 11) is 6.01. The highest BCUT2D eigenvalue weighted by Gasteiger charge is 2.14. The second-order valence-corrected chi connectivity index (χ2v) is 6.39. The van der Waals surface area contributed by atoms with Gasteiger partial charge in [-0.05, 0) is 39.1 Å². The summed E-state index contributed by atoms with van der Waals surface area (Å²) in [6.07, 6.45) is 4.79. The monoisotopic (exact) mass is 342 g/mol. The predicted octanol–water partition coefficient (Wildman–Crippen LogP) is 2.05. The van der Waals surface area contributed by atoms with Crippen LogP contribution in [0.25, 0.3) is 0 Å². The van der Waals surface area contributed by atoms with E-state index >= 15 is 0 Å². The van der Waals surface area contributed by atoms with Crippen LogP contribution < -0.4 is 10.6 Å². The van der Waals surface area contributed by atoms with Crippen LogP contribution in [0.1, 0.15) is 23.6 Å². The molecule has 0 saturated carbocycles. The fourth-order valence-corrected chi connectivity index (χ4v) is 2.68. The van der Waals surface area contributed by atoms with Gasteiger partial charge in [0.1, 0.15) is 0 Å². The zero-order valence-electron chi connectivity index (χ0n) is 15.7. The van der Waals surface area contributed by atoms with Crippen LogP contribution in [0, 0.1) is 6.92 Å². The molecule has 6 heteroatoms. The van der Waals surface area contributed by atoms with E-state index in [1.165, 1.54) is 11.1 Å². The highest BCUT2D eigenvalue weighted by molar-refractivity contribution is 5.79. The van der Waals surface area contributed by atoms with Crippen molar-refractivity contribution < 1.29 is 0 Å². The fraction of sp³-hybridized carbons (Fsp3) is 0.474. The van der Waals surface area contributed by atoms with Crippen LogP contribution in [0.5, 0.6) is 0 Å². The molecule has 0 aliphatic heterocycles. The summed E-state index contributed by atoms with van der Waals surface area (Å²) in [5, 5.41) is 11.0. The number of rotatable bonds is 8. The van der Waals surface area contributed by atoms with Crippen molar-refractivity contribution in [3.8, 4) is 0 Å². The van der Waals surface area contributed by atoms with E-state index in [9.17, 15) is 0 Å².